The molecule has 0 spiro atoms. The molecule has 21 heavy (non-hydrogen) atoms. The second-order valence-corrected chi connectivity index (χ2v) is 5.25. The summed E-state index contributed by atoms with van der Waals surface area (Å²) < 4.78 is 4.20. The Morgan fingerprint density at radius 1 is 1.24 bits per heavy atom. The van der Waals surface area contributed by atoms with Gasteiger partial charge in [0.05, 0.1) is 5.69 Å². The summed E-state index contributed by atoms with van der Waals surface area (Å²) in [5, 5.41) is 0. The number of hydrogen-bond acceptors (Lipinski definition) is 3. The van der Waals surface area contributed by atoms with Gasteiger partial charge in [-0.15, -0.1) is 0 Å². The Morgan fingerprint density at radius 2 is 2.10 bits per heavy atom. The van der Waals surface area contributed by atoms with Crippen LogP contribution in [0.5, 0.6) is 0 Å². The van der Waals surface area contributed by atoms with Crippen LogP contribution in [0.15, 0.2) is 36.8 Å². The van der Waals surface area contributed by atoms with Crippen molar-refractivity contribution in [3.63, 3.8) is 0 Å². The molecular weight excluding hydrogens is 262 g/mol. The van der Waals surface area contributed by atoms with E-state index in [-0.39, 0.29) is 6.04 Å². The van der Waals surface area contributed by atoms with E-state index in [1.54, 1.807) is 0 Å². The summed E-state index contributed by atoms with van der Waals surface area (Å²) in [6, 6.07) is 6.18. The number of hydrogen-bond donors (Lipinski definition) is 1. The van der Waals surface area contributed by atoms with Crippen LogP contribution in [-0.4, -0.2) is 25.0 Å². The molecule has 5 nitrogen and oxygen atoms in total. The van der Waals surface area contributed by atoms with Crippen molar-refractivity contribution in [2.75, 3.05) is 0 Å². The van der Waals surface area contributed by atoms with Crippen LogP contribution in [0, 0.1) is 0 Å². The predicted octanol–water partition coefficient (Wildman–Crippen LogP) is 2.36. The molecule has 3 aromatic heterocycles. The van der Waals surface area contributed by atoms with Gasteiger partial charge >= 0.3 is 0 Å². The third kappa shape index (κ3) is 2.45. The summed E-state index contributed by atoms with van der Waals surface area (Å²) in [5.41, 5.74) is 8.27. The minimum absolute atomic E-state index is 0.137. The monoisotopic (exact) mass is 283 g/mol. The lowest BCUT2D eigenvalue weighted by molar-refractivity contribution is 0.630. The van der Waals surface area contributed by atoms with Gasteiger partial charge in [-0.25, -0.2) is 9.97 Å². The van der Waals surface area contributed by atoms with E-state index in [4.69, 9.17) is 10.7 Å². The molecule has 1 unspecified atom stereocenters. The summed E-state index contributed by atoms with van der Waals surface area (Å²) >= 11 is 0. The van der Waals surface area contributed by atoms with E-state index in [1.807, 2.05) is 36.8 Å². The predicted molar refractivity (Wildman–Crippen MR) is 83.7 cm³/mol. The molecule has 3 heterocycles. The first kappa shape index (κ1) is 13.8. The van der Waals surface area contributed by atoms with Crippen LogP contribution in [0.3, 0.4) is 0 Å². The van der Waals surface area contributed by atoms with Crippen LogP contribution in [0.25, 0.3) is 11.5 Å². The van der Waals surface area contributed by atoms with E-state index >= 15 is 0 Å². The number of nitrogens with two attached hydrogens (primary N) is 1. The van der Waals surface area contributed by atoms with Gasteiger partial charge in [0.25, 0.3) is 0 Å². The van der Waals surface area contributed by atoms with Gasteiger partial charge in [-0.1, -0.05) is 19.9 Å². The minimum Gasteiger partial charge on any atom is -0.327 e. The molecule has 0 saturated carbocycles. The van der Waals surface area contributed by atoms with Gasteiger partial charge in [0, 0.05) is 37.5 Å². The summed E-state index contributed by atoms with van der Waals surface area (Å²) in [5.74, 6) is 1.96. The third-order valence-corrected chi connectivity index (χ3v) is 3.85. The molecule has 0 saturated heterocycles. The Bertz CT molecular complexity index is 740. The number of fused-ring (bicyclic) bond motifs is 1. The highest BCUT2D eigenvalue weighted by molar-refractivity contribution is 5.49. The van der Waals surface area contributed by atoms with Gasteiger partial charge in [-0.2, -0.15) is 0 Å². The molecule has 0 bridgehead atoms. The molecule has 0 aliphatic carbocycles. The molecule has 5 heteroatoms. The molecule has 0 radical (unpaired) electrons. The van der Waals surface area contributed by atoms with Crippen LogP contribution >= 0.6 is 0 Å². The van der Waals surface area contributed by atoms with Crippen molar-refractivity contribution < 1.29 is 0 Å². The summed E-state index contributed by atoms with van der Waals surface area (Å²) in [4.78, 5) is 9.19. The van der Waals surface area contributed by atoms with Crippen LogP contribution < -0.4 is 5.73 Å². The molecule has 0 aliphatic rings. The lowest BCUT2D eigenvalue weighted by Crippen LogP contribution is -2.23. The highest BCUT2D eigenvalue weighted by atomic mass is 15.2. The quantitative estimate of drug-likeness (QED) is 0.782. The summed E-state index contributed by atoms with van der Waals surface area (Å²) in [7, 11) is 0. The molecule has 0 fully saturated rings. The second kappa shape index (κ2) is 5.69. The molecule has 110 valence electrons. The number of imidazole rings is 2. The number of nitrogens with zero attached hydrogens (tertiary/aromatic N) is 4. The van der Waals surface area contributed by atoms with Gasteiger partial charge in [-0.05, 0) is 18.6 Å². The molecule has 0 amide bonds. The first-order valence-electron chi connectivity index (χ1n) is 7.48. The van der Waals surface area contributed by atoms with Crippen LogP contribution in [0.1, 0.15) is 31.8 Å². The maximum Gasteiger partial charge on any atom is 0.160 e. The Morgan fingerprint density at radius 3 is 2.86 bits per heavy atom. The van der Waals surface area contributed by atoms with Gasteiger partial charge in [-0.3, -0.25) is 4.57 Å². The molecule has 0 aliphatic heterocycles. The lowest BCUT2D eigenvalue weighted by Gasteiger charge is -2.11. The Balaban J connectivity index is 2.19. The van der Waals surface area contributed by atoms with Crippen molar-refractivity contribution in [2.45, 2.75) is 39.2 Å². The first-order valence-corrected chi connectivity index (χ1v) is 7.48. The van der Waals surface area contributed by atoms with E-state index in [9.17, 15) is 0 Å². The van der Waals surface area contributed by atoms with Crippen molar-refractivity contribution in [3.8, 4) is 5.82 Å². The van der Waals surface area contributed by atoms with E-state index in [0.29, 0.717) is 0 Å². The molecule has 2 N–H and O–H groups in total. The van der Waals surface area contributed by atoms with Crippen molar-refractivity contribution in [2.24, 2.45) is 5.73 Å². The maximum atomic E-state index is 6.18. The summed E-state index contributed by atoms with van der Waals surface area (Å²) in [6.45, 7) is 4.22. The van der Waals surface area contributed by atoms with Gasteiger partial charge < -0.3 is 10.1 Å². The van der Waals surface area contributed by atoms with Gasteiger partial charge in [0.1, 0.15) is 11.5 Å². The first-order chi connectivity index (χ1) is 10.2. The summed E-state index contributed by atoms with van der Waals surface area (Å²) in [6.07, 6.45) is 8.47. The fourth-order valence-electron chi connectivity index (χ4n) is 2.60. The number of aryl methyl sites for hydroxylation is 1. The van der Waals surface area contributed by atoms with Crippen LogP contribution in [-0.2, 0) is 12.8 Å². The third-order valence-electron chi connectivity index (χ3n) is 3.85. The molecule has 3 rings (SSSR count). The zero-order valence-corrected chi connectivity index (χ0v) is 12.5. The minimum atomic E-state index is 0.137. The zero-order valence-electron chi connectivity index (χ0n) is 12.5. The van der Waals surface area contributed by atoms with E-state index < -0.39 is 0 Å². The standard InChI is InChI=1S/C16H21N5/c1-3-12(17)11-13-16(21-10-8-18-14(21)4-2)19-15-7-5-6-9-20(13)15/h5-10,12H,3-4,11,17H2,1-2H3. The van der Waals surface area contributed by atoms with Crippen molar-refractivity contribution in [1.29, 1.82) is 0 Å². The fraction of sp³-hybridized carbons (Fsp3) is 0.375. The van der Waals surface area contributed by atoms with E-state index in [1.165, 1.54) is 0 Å². The van der Waals surface area contributed by atoms with E-state index in [2.05, 4.69) is 27.8 Å². The fourth-order valence-corrected chi connectivity index (χ4v) is 2.60. The lowest BCUT2D eigenvalue weighted by atomic mass is 10.1. The number of aromatic nitrogens is 4. The van der Waals surface area contributed by atoms with E-state index in [0.717, 1.165) is 42.2 Å². The zero-order chi connectivity index (χ0) is 14.8. The van der Waals surface area contributed by atoms with Crippen molar-refractivity contribution in [3.05, 3.63) is 48.3 Å². The average molecular weight is 283 g/mol. The molecule has 3 aromatic rings. The highest BCUT2D eigenvalue weighted by Gasteiger charge is 2.17. The normalized spacial score (nSPS) is 12.9. The highest BCUT2D eigenvalue weighted by Crippen LogP contribution is 2.20. The average Bonchev–Trinajstić information content (AvgIpc) is 3.11. The molecule has 0 aromatic carbocycles. The van der Waals surface area contributed by atoms with Crippen LogP contribution in [0.2, 0.25) is 0 Å². The SMILES string of the molecule is CCc1nccn1-c1nc2ccccn2c1CC(N)CC. The van der Waals surface area contributed by atoms with Crippen molar-refractivity contribution >= 4 is 5.65 Å². The number of rotatable bonds is 5. The Hall–Kier alpha value is -2.14. The van der Waals surface area contributed by atoms with Crippen molar-refractivity contribution in [1.82, 2.24) is 18.9 Å². The van der Waals surface area contributed by atoms with Crippen LogP contribution in [0.4, 0.5) is 0 Å². The molecule has 1 atom stereocenters. The number of pyridine rings is 1. The largest absolute Gasteiger partial charge is 0.327 e. The smallest absolute Gasteiger partial charge is 0.160 e. The van der Waals surface area contributed by atoms with Gasteiger partial charge in [0.2, 0.25) is 0 Å². The Labute approximate surface area is 124 Å². The second-order valence-electron chi connectivity index (χ2n) is 5.25. The molecular formula is C16H21N5. The van der Waals surface area contributed by atoms with Gasteiger partial charge in [0.15, 0.2) is 5.82 Å². The Kier molecular flexibility index (Phi) is 3.75. The topological polar surface area (TPSA) is 61.1 Å². The maximum absolute atomic E-state index is 6.18.